The van der Waals surface area contributed by atoms with E-state index in [2.05, 4.69) is 9.97 Å². The number of nitrogens with two attached hydrogens (primary N) is 1. The monoisotopic (exact) mass is 191 g/mol. The molecule has 1 aromatic heterocycles. The van der Waals surface area contributed by atoms with Gasteiger partial charge in [-0.1, -0.05) is 0 Å². The minimum Gasteiger partial charge on any atom is -0.311 e. The molecule has 0 spiro atoms. The maximum Gasteiger partial charge on any atom is 0.413 e. The quantitative estimate of drug-likeness (QED) is 0.725. The van der Waals surface area contributed by atoms with Crippen molar-refractivity contribution < 1.29 is 13.2 Å². The molecule has 13 heavy (non-hydrogen) atoms. The lowest BCUT2D eigenvalue weighted by atomic mass is 10.0. The summed E-state index contributed by atoms with van der Waals surface area (Å²) in [5.74, 6) is -0.428. The second kappa shape index (κ2) is 2.95. The van der Waals surface area contributed by atoms with Crippen LogP contribution in [0, 0.1) is 0 Å². The van der Waals surface area contributed by atoms with Gasteiger partial charge in [0, 0.05) is 12.4 Å². The van der Waals surface area contributed by atoms with Crippen LogP contribution in [0.15, 0.2) is 18.5 Å². The number of hydrogen-bond acceptors (Lipinski definition) is 3. The van der Waals surface area contributed by atoms with Crippen molar-refractivity contribution in [3.8, 4) is 0 Å². The van der Waals surface area contributed by atoms with Gasteiger partial charge < -0.3 is 5.73 Å². The third-order valence-corrected chi connectivity index (χ3v) is 1.62. The zero-order valence-corrected chi connectivity index (χ0v) is 6.84. The van der Waals surface area contributed by atoms with E-state index in [9.17, 15) is 13.2 Å². The minimum absolute atomic E-state index is 0.428. The molecular weight excluding hydrogens is 183 g/mol. The maximum absolute atomic E-state index is 12.3. The van der Waals surface area contributed by atoms with Crippen LogP contribution >= 0.6 is 0 Å². The average Bonchev–Trinajstić information content (AvgIpc) is 2.04. The third kappa shape index (κ3) is 1.77. The molecule has 0 aliphatic rings. The fraction of sp³-hybridized carbons (Fsp3) is 0.429. The zero-order valence-electron chi connectivity index (χ0n) is 6.84. The van der Waals surface area contributed by atoms with Crippen LogP contribution in [0.3, 0.4) is 0 Å². The van der Waals surface area contributed by atoms with E-state index in [-0.39, 0.29) is 0 Å². The molecule has 6 heteroatoms. The average molecular weight is 191 g/mol. The third-order valence-electron chi connectivity index (χ3n) is 1.62. The Balaban J connectivity index is 3.08. The van der Waals surface area contributed by atoms with E-state index in [1.165, 1.54) is 18.5 Å². The Hall–Kier alpha value is -1.17. The van der Waals surface area contributed by atoms with Crippen LogP contribution in [0.25, 0.3) is 0 Å². The van der Waals surface area contributed by atoms with Crippen molar-refractivity contribution in [2.75, 3.05) is 0 Å². The Morgan fingerprint density at radius 1 is 1.23 bits per heavy atom. The molecule has 0 amide bonds. The van der Waals surface area contributed by atoms with Crippen LogP contribution in [0.5, 0.6) is 0 Å². The van der Waals surface area contributed by atoms with Gasteiger partial charge in [-0.25, -0.2) is 9.97 Å². The molecule has 0 bridgehead atoms. The first-order chi connectivity index (χ1) is 5.86. The Morgan fingerprint density at radius 2 is 1.69 bits per heavy atom. The molecule has 1 aromatic rings. The molecule has 0 saturated heterocycles. The number of hydrogen-bond donors (Lipinski definition) is 1. The minimum atomic E-state index is -4.55. The fourth-order valence-corrected chi connectivity index (χ4v) is 0.694. The van der Waals surface area contributed by atoms with Crippen molar-refractivity contribution >= 4 is 0 Å². The number of alkyl halides is 3. The summed E-state index contributed by atoms with van der Waals surface area (Å²) in [7, 11) is 0. The lowest BCUT2D eigenvalue weighted by molar-refractivity contribution is -0.186. The summed E-state index contributed by atoms with van der Waals surface area (Å²) in [5.41, 5.74) is 2.57. The number of nitrogens with zero attached hydrogens (tertiary/aromatic N) is 2. The van der Waals surface area contributed by atoms with E-state index in [1.54, 1.807) is 0 Å². The lowest BCUT2D eigenvalue weighted by Crippen LogP contribution is -2.48. The summed E-state index contributed by atoms with van der Waals surface area (Å²) in [6.45, 7) is 0.836. The molecule has 1 atom stereocenters. The Morgan fingerprint density at radius 3 is 2.08 bits per heavy atom. The highest BCUT2D eigenvalue weighted by atomic mass is 19.4. The second-order valence-electron chi connectivity index (χ2n) is 2.77. The van der Waals surface area contributed by atoms with Gasteiger partial charge in [-0.15, -0.1) is 0 Å². The largest absolute Gasteiger partial charge is 0.413 e. The van der Waals surface area contributed by atoms with Gasteiger partial charge in [-0.3, -0.25) is 0 Å². The Labute approximate surface area is 72.8 Å². The van der Waals surface area contributed by atoms with E-state index >= 15 is 0 Å². The van der Waals surface area contributed by atoms with Gasteiger partial charge in [0.15, 0.2) is 11.4 Å². The van der Waals surface area contributed by atoms with Crippen LogP contribution in [0.4, 0.5) is 13.2 Å². The first kappa shape index (κ1) is 9.91. The van der Waals surface area contributed by atoms with Crippen molar-refractivity contribution in [1.29, 1.82) is 0 Å². The summed E-state index contributed by atoms with van der Waals surface area (Å²) in [5, 5.41) is 0. The predicted molar refractivity (Wildman–Crippen MR) is 39.6 cm³/mol. The van der Waals surface area contributed by atoms with Crippen LogP contribution in [0.1, 0.15) is 12.7 Å². The summed E-state index contributed by atoms with van der Waals surface area (Å²) in [6.07, 6.45) is -2.10. The fourth-order valence-electron chi connectivity index (χ4n) is 0.694. The van der Waals surface area contributed by atoms with Gasteiger partial charge >= 0.3 is 6.18 Å². The summed E-state index contributed by atoms with van der Waals surface area (Å²) in [4.78, 5) is 6.92. The van der Waals surface area contributed by atoms with Gasteiger partial charge in [0.25, 0.3) is 0 Å². The number of halogens is 3. The van der Waals surface area contributed by atoms with Crippen LogP contribution < -0.4 is 5.73 Å². The smallest absolute Gasteiger partial charge is 0.311 e. The van der Waals surface area contributed by atoms with Gasteiger partial charge in [-0.05, 0) is 13.0 Å². The van der Waals surface area contributed by atoms with Crippen LogP contribution in [-0.4, -0.2) is 16.1 Å². The molecule has 3 nitrogen and oxygen atoms in total. The van der Waals surface area contributed by atoms with Gasteiger partial charge in [-0.2, -0.15) is 13.2 Å². The second-order valence-corrected chi connectivity index (χ2v) is 2.77. The highest BCUT2D eigenvalue weighted by molar-refractivity contribution is 5.06. The molecule has 72 valence electrons. The Bertz CT molecular complexity index is 281. The predicted octanol–water partition coefficient (Wildman–Crippen LogP) is 1.21. The Kier molecular flexibility index (Phi) is 2.25. The number of aromatic nitrogens is 2. The highest BCUT2D eigenvalue weighted by Crippen LogP contribution is 2.33. The first-order valence-electron chi connectivity index (χ1n) is 3.49. The standard InChI is InChI=1S/C7H8F3N3/c1-6(11,7(8,9)10)5-12-3-2-4-13-5/h2-4H,11H2,1H3. The van der Waals surface area contributed by atoms with Crippen molar-refractivity contribution in [2.24, 2.45) is 5.73 Å². The molecule has 0 saturated carbocycles. The molecule has 1 unspecified atom stereocenters. The van der Waals surface area contributed by atoms with E-state index < -0.39 is 17.5 Å². The van der Waals surface area contributed by atoms with Gasteiger partial charge in [0.05, 0.1) is 0 Å². The zero-order chi connectivity index (χ0) is 10.1. The molecule has 0 radical (unpaired) electrons. The first-order valence-corrected chi connectivity index (χ1v) is 3.49. The summed E-state index contributed by atoms with van der Waals surface area (Å²) in [6, 6.07) is 1.43. The molecule has 2 N–H and O–H groups in total. The van der Waals surface area contributed by atoms with E-state index in [1.807, 2.05) is 0 Å². The lowest BCUT2D eigenvalue weighted by Gasteiger charge is -2.25. The highest BCUT2D eigenvalue weighted by Gasteiger charge is 2.51. The van der Waals surface area contributed by atoms with Crippen LogP contribution in [0.2, 0.25) is 0 Å². The number of rotatable bonds is 1. The topological polar surface area (TPSA) is 51.8 Å². The van der Waals surface area contributed by atoms with E-state index in [0.29, 0.717) is 0 Å². The molecule has 0 aliphatic carbocycles. The van der Waals surface area contributed by atoms with Crippen LogP contribution in [-0.2, 0) is 5.54 Å². The van der Waals surface area contributed by atoms with Crippen molar-refractivity contribution in [1.82, 2.24) is 9.97 Å². The molecule has 1 rings (SSSR count). The molecule has 0 aliphatic heterocycles. The SMILES string of the molecule is CC(N)(c1ncccn1)C(F)(F)F. The van der Waals surface area contributed by atoms with E-state index in [4.69, 9.17) is 5.73 Å². The molecule has 0 fully saturated rings. The maximum atomic E-state index is 12.3. The normalized spacial score (nSPS) is 16.7. The van der Waals surface area contributed by atoms with Gasteiger partial charge in [0.2, 0.25) is 0 Å². The van der Waals surface area contributed by atoms with Gasteiger partial charge in [0.1, 0.15) is 0 Å². The summed E-state index contributed by atoms with van der Waals surface area (Å²) < 4.78 is 36.9. The van der Waals surface area contributed by atoms with E-state index in [0.717, 1.165) is 6.92 Å². The summed E-state index contributed by atoms with van der Waals surface area (Å²) >= 11 is 0. The molecule has 0 aromatic carbocycles. The molecule has 1 heterocycles. The van der Waals surface area contributed by atoms with Crippen molar-refractivity contribution in [3.63, 3.8) is 0 Å². The van der Waals surface area contributed by atoms with Crippen molar-refractivity contribution in [3.05, 3.63) is 24.3 Å². The molecular formula is C7H8F3N3. The van der Waals surface area contributed by atoms with Crippen molar-refractivity contribution in [2.45, 2.75) is 18.6 Å².